The SMILES string of the molecule is O.O=C([O-])CN(CC(=O)[O-])CC(=O)[O-].[Li+].[Li+].[Li+]. The quantitative estimate of drug-likeness (QED) is 0.407. The average molecular weight is 227 g/mol. The van der Waals surface area contributed by atoms with Crippen molar-refractivity contribution in [1.82, 2.24) is 4.90 Å². The van der Waals surface area contributed by atoms with E-state index in [1.807, 2.05) is 0 Å². The second kappa shape index (κ2) is 16.1. The van der Waals surface area contributed by atoms with E-state index in [9.17, 15) is 29.7 Å². The number of nitrogens with zero attached hydrogens (tertiary/aromatic N) is 1. The summed E-state index contributed by atoms with van der Waals surface area (Å²) in [5.41, 5.74) is 0. The molecule has 0 aliphatic carbocycles. The van der Waals surface area contributed by atoms with Gasteiger partial charge in [0.1, 0.15) is 0 Å². The van der Waals surface area contributed by atoms with Crippen LogP contribution in [0.2, 0.25) is 0 Å². The van der Waals surface area contributed by atoms with Crippen LogP contribution in [0.15, 0.2) is 0 Å². The molecule has 0 aliphatic heterocycles. The van der Waals surface area contributed by atoms with E-state index in [1.54, 1.807) is 0 Å². The van der Waals surface area contributed by atoms with Crippen LogP contribution in [0.5, 0.6) is 0 Å². The molecule has 0 aromatic heterocycles. The number of carbonyl (C=O) groups excluding carboxylic acids is 3. The Kier molecular flexibility index (Phi) is 28.7. The third-order valence-corrected chi connectivity index (χ3v) is 1.06. The molecule has 0 spiro atoms. The molecule has 0 atom stereocenters. The van der Waals surface area contributed by atoms with Crippen LogP contribution < -0.4 is 71.9 Å². The summed E-state index contributed by atoms with van der Waals surface area (Å²) in [6.07, 6.45) is 0. The van der Waals surface area contributed by atoms with Gasteiger partial charge in [-0.1, -0.05) is 0 Å². The summed E-state index contributed by atoms with van der Waals surface area (Å²) in [6, 6.07) is 0. The van der Waals surface area contributed by atoms with Crippen LogP contribution in [-0.2, 0) is 14.4 Å². The van der Waals surface area contributed by atoms with E-state index in [1.165, 1.54) is 0 Å². The van der Waals surface area contributed by atoms with Crippen molar-refractivity contribution in [2.24, 2.45) is 0 Å². The maximum absolute atomic E-state index is 9.99. The van der Waals surface area contributed by atoms with E-state index in [0.717, 1.165) is 0 Å². The van der Waals surface area contributed by atoms with E-state index in [4.69, 9.17) is 0 Å². The maximum atomic E-state index is 9.99. The smallest absolute Gasteiger partial charge is 0.549 e. The van der Waals surface area contributed by atoms with Gasteiger partial charge in [-0.3, -0.25) is 4.90 Å². The Bertz CT molecular complexity index is 200. The number of carboxylic acids is 3. The predicted octanol–water partition coefficient (Wildman–Crippen LogP) is -15.3. The molecule has 82 valence electrons. The standard InChI is InChI=1S/C6H9NO6.3Li.H2O/c8-4(9)1-7(2-5(10)11)3-6(12)13;;;;/h1-3H2,(H,8,9)(H,10,11)(H,12,13);;;;1H2/q;3*+1;/p-3. The van der Waals surface area contributed by atoms with Crippen molar-refractivity contribution >= 4 is 17.9 Å². The van der Waals surface area contributed by atoms with Crippen molar-refractivity contribution in [2.75, 3.05) is 19.6 Å². The molecule has 0 aromatic carbocycles. The molecular weight excluding hydrogens is 219 g/mol. The van der Waals surface area contributed by atoms with Crippen LogP contribution in [-0.4, -0.2) is 47.9 Å². The van der Waals surface area contributed by atoms with Crippen LogP contribution in [0.1, 0.15) is 0 Å². The first-order valence-electron chi connectivity index (χ1n) is 3.23. The van der Waals surface area contributed by atoms with Gasteiger partial charge in [0.2, 0.25) is 0 Å². The molecule has 0 heterocycles. The van der Waals surface area contributed by atoms with Gasteiger partial charge in [0.25, 0.3) is 0 Å². The Labute approximate surface area is 134 Å². The fourth-order valence-electron chi connectivity index (χ4n) is 0.715. The Morgan fingerprint density at radius 3 is 1.00 bits per heavy atom. The van der Waals surface area contributed by atoms with E-state index < -0.39 is 37.5 Å². The fourth-order valence-corrected chi connectivity index (χ4v) is 0.715. The fraction of sp³-hybridized carbons (Fsp3) is 0.500. The van der Waals surface area contributed by atoms with Crippen LogP contribution in [0.3, 0.4) is 0 Å². The van der Waals surface area contributed by atoms with Gasteiger partial charge in [0, 0.05) is 19.6 Å². The van der Waals surface area contributed by atoms with Gasteiger partial charge in [0.15, 0.2) is 0 Å². The van der Waals surface area contributed by atoms with E-state index in [2.05, 4.69) is 0 Å². The van der Waals surface area contributed by atoms with E-state index >= 15 is 0 Å². The molecule has 0 aliphatic rings. The van der Waals surface area contributed by atoms with Gasteiger partial charge < -0.3 is 35.2 Å². The van der Waals surface area contributed by atoms with Crippen molar-refractivity contribution in [2.45, 2.75) is 0 Å². The van der Waals surface area contributed by atoms with Gasteiger partial charge in [0.05, 0.1) is 17.9 Å². The maximum Gasteiger partial charge on any atom is 1.00 e. The zero-order chi connectivity index (χ0) is 10.4. The first-order valence-corrected chi connectivity index (χ1v) is 3.23. The number of hydrogen-bond donors (Lipinski definition) is 0. The number of hydrogen-bond acceptors (Lipinski definition) is 7. The molecule has 2 N–H and O–H groups in total. The Hall–Kier alpha value is 0.122. The van der Waals surface area contributed by atoms with Gasteiger partial charge in [-0.2, -0.15) is 0 Å². The minimum atomic E-state index is -1.57. The van der Waals surface area contributed by atoms with Crippen LogP contribution in [0.25, 0.3) is 0 Å². The largest absolute Gasteiger partial charge is 1.00 e. The Morgan fingerprint density at radius 1 is 0.706 bits per heavy atom. The third-order valence-electron chi connectivity index (χ3n) is 1.06. The number of rotatable bonds is 6. The number of carboxylic acid groups (broad SMARTS) is 3. The van der Waals surface area contributed by atoms with Crippen molar-refractivity contribution in [3.63, 3.8) is 0 Å². The van der Waals surface area contributed by atoms with Crippen molar-refractivity contribution in [3.05, 3.63) is 0 Å². The molecule has 11 heteroatoms. The molecule has 0 saturated heterocycles. The van der Waals surface area contributed by atoms with Crippen molar-refractivity contribution in [3.8, 4) is 0 Å². The Balaban J connectivity index is -0.000000120. The molecule has 0 amide bonds. The summed E-state index contributed by atoms with van der Waals surface area (Å²) in [4.78, 5) is 30.6. The second-order valence-corrected chi connectivity index (χ2v) is 2.26. The Morgan fingerprint density at radius 2 is 0.882 bits per heavy atom. The normalized spacial score (nSPS) is 7.59. The minimum absolute atomic E-state index is 0. The molecule has 0 radical (unpaired) electrons. The molecule has 0 fully saturated rings. The zero-order valence-electron chi connectivity index (χ0n) is 10.0. The zero-order valence-corrected chi connectivity index (χ0v) is 10.0. The molecule has 0 unspecified atom stereocenters. The summed E-state index contributed by atoms with van der Waals surface area (Å²) in [6.45, 7) is -2.37. The van der Waals surface area contributed by atoms with Gasteiger partial charge in [-0.15, -0.1) is 0 Å². The number of aliphatic carboxylic acids is 3. The monoisotopic (exact) mass is 227 g/mol. The molecule has 0 saturated carbocycles. The molecule has 0 rings (SSSR count). The van der Waals surface area contributed by atoms with Crippen LogP contribution in [0, 0.1) is 0 Å². The van der Waals surface area contributed by atoms with E-state index in [-0.39, 0.29) is 62.1 Å². The topological polar surface area (TPSA) is 155 Å². The van der Waals surface area contributed by atoms with Gasteiger partial charge in [-0.25, -0.2) is 0 Å². The molecule has 17 heavy (non-hydrogen) atoms. The van der Waals surface area contributed by atoms with Crippen molar-refractivity contribution < 1.29 is 91.8 Å². The first-order chi connectivity index (χ1) is 5.91. The van der Waals surface area contributed by atoms with Crippen molar-refractivity contribution in [1.29, 1.82) is 0 Å². The first kappa shape index (κ1) is 30.3. The molecular formula is C6H8Li3NO7. The predicted molar refractivity (Wildman–Crippen MR) is 35.1 cm³/mol. The minimum Gasteiger partial charge on any atom is -0.549 e. The molecule has 8 nitrogen and oxygen atoms in total. The van der Waals surface area contributed by atoms with Crippen LogP contribution in [0.4, 0.5) is 0 Å². The molecule has 0 aromatic rings. The summed E-state index contributed by atoms with van der Waals surface area (Å²) in [7, 11) is 0. The third kappa shape index (κ3) is 21.9. The van der Waals surface area contributed by atoms with E-state index in [0.29, 0.717) is 4.90 Å². The van der Waals surface area contributed by atoms with Crippen LogP contribution >= 0.6 is 0 Å². The molecule has 0 bridgehead atoms. The summed E-state index contributed by atoms with van der Waals surface area (Å²) < 4.78 is 0. The summed E-state index contributed by atoms with van der Waals surface area (Å²) in [5, 5.41) is 30.0. The van der Waals surface area contributed by atoms with Gasteiger partial charge in [-0.05, 0) is 0 Å². The second-order valence-electron chi connectivity index (χ2n) is 2.26. The number of carbonyl (C=O) groups is 3. The average Bonchev–Trinajstić information content (AvgIpc) is 1.80. The summed E-state index contributed by atoms with van der Waals surface area (Å²) in [5.74, 6) is -4.70. The summed E-state index contributed by atoms with van der Waals surface area (Å²) >= 11 is 0. The van der Waals surface area contributed by atoms with Gasteiger partial charge >= 0.3 is 56.6 Å².